The van der Waals surface area contributed by atoms with E-state index in [0.29, 0.717) is 6.61 Å². The molecule has 1 unspecified atom stereocenters. The second-order valence-electron chi connectivity index (χ2n) is 8.67. The molecule has 1 saturated heterocycles. The van der Waals surface area contributed by atoms with Gasteiger partial charge in [-0.1, -0.05) is 0 Å². The third-order valence-corrected chi connectivity index (χ3v) is 10.1. The van der Waals surface area contributed by atoms with Crippen molar-refractivity contribution in [1.82, 2.24) is 0 Å². The van der Waals surface area contributed by atoms with Crippen LogP contribution in [-0.2, 0) is 27.9 Å². The molecular weight excluding hydrogens is 369 g/mol. The first-order chi connectivity index (χ1) is 11.7. The van der Waals surface area contributed by atoms with Crippen LogP contribution in [0.1, 0.15) is 34.6 Å². The topological polar surface area (TPSA) is 55.4 Å². The first-order valence-corrected chi connectivity index (χ1v) is 13.6. The van der Waals surface area contributed by atoms with Crippen molar-refractivity contribution in [3.63, 3.8) is 0 Å². The molecule has 1 rings (SSSR count). The fourth-order valence-electron chi connectivity index (χ4n) is 2.57. The molecule has 6 nitrogen and oxygen atoms in total. The van der Waals surface area contributed by atoms with Crippen LogP contribution in [0.3, 0.4) is 0 Å². The van der Waals surface area contributed by atoms with Crippen molar-refractivity contribution in [2.75, 3.05) is 20.8 Å². The number of hydrogen-bond acceptors (Lipinski definition) is 6. The fourth-order valence-corrected chi connectivity index (χ4v) is 4.49. The summed E-state index contributed by atoms with van der Waals surface area (Å²) in [4.78, 5) is 0. The molecule has 1 heterocycles. The Morgan fingerprint density at radius 3 is 2.19 bits per heavy atom. The standard InChI is InChI=1S/C16H35B2O6PSi/c1-15(2,3)26(8,9)24-11-10-21-16(4,5)22-12(11)13(23-25(17)18)14(19-6)20-7/h11-14H,10,17H2,1-9H3/t11-,12+,13+/m0/s1. The molecule has 0 saturated carbocycles. The second kappa shape index (κ2) is 9.27. The normalized spacial score (nSPS) is 26.1. The predicted molar refractivity (Wildman–Crippen MR) is 111 cm³/mol. The van der Waals surface area contributed by atoms with Gasteiger partial charge in [0.2, 0.25) is 0 Å². The van der Waals surface area contributed by atoms with E-state index in [1.54, 1.807) is 14.2 Å². The molecule has 0 spiro atoms. The van der Waals surface area contributed by atoms with Crippen molar-refractivity contribution in [2.24, 2.45) is 0 Å². The number of methoxy groups -OCH3 is 2. The summed E-state index contributed by atoms with van der Waals surface area (Å²) >= 11 is 0. The average molecular weight is 404 g/mol. The van der Waals surface area contributed by atoms with Gasteiger partial charge in [0.25, 0.3) is 0 Å². The Balaban J connectivity index is 3.20. The molecule has 1 fully saturated rings. The molecule has 150 valence electrons. The van der Waals surface area contributed by atoms with Crippen LogP contribution in [0.15, 0.2) is 0 Å². The summed E-state index contributed by atoms with van der Waals surface area (Å²) in [6.45, 7) is 15.2. The van der Waals surface area contributed by atoms with E-state index in [1.807, 2.05) is 21.4 Å². The maximum atomic E-state index is 6.62. The SMILES string of the molecule is B#P(B)O[C@@H](C(OC)OC)[C@@H]1OC(C)(C)OC[C@@H]1O[Si](C)(C)C(C)(C)C. The van der Waals surface area contributed by atoms with Crippen molar-refractivity contribution in [1.29, 1.82) is 0 Å². The summed E-state index contributed by atoms with van der Waals surface area (Å²) in [7, 11) is 7.77. The van der Waals surface area contributed by atoms with Gasteiger partial charge in [-0.05, 0) is 0 Å². The zero-order chi connectivity index (χ0) is 20.3. The molecular formula is C16H35B2O6PSi. The van der Waals surface area contributed by atoms with Crippen LogP contribution in [0.4, 0.5) is 0 Å². The zero-order valence-electron chi connectivity index (χ0n) is 18.0. The number of hydrogen-bond donors (Lipinski definition) is 0. The molecule has 0 aromatic heterocycles. The van der Waals surface area contributed by atoms with Crippen LogP contribution < -0.4 is 0 Å². The van der Waals surface area contributed by atoms with Gasteiger partial charge in [0.1, 0.15) is 0 Å². The first-order valence-electron chi connectivity index (χ1n) is 8.94. The van der Waals surface area contributed by atoms with Gasteiger partial charge in [-0.15, -0.1) is 0 Å². The third kappa shape index (κ3) is 6.49. The van der Waals surface area contributed by atoms with E-state index in [0.717, 1.165) is 0 Å². The van der Waals surface area contributed by atoms with Gasteiger partial charge in [-0.25, -0.2) is 0 Å². The number of rotatable bonds is 7. The minimum absolute atomic E-state index is 0.0635. The summed E-state index contributed by atoms with van der Waals surface area (Å²) in [5.41, 5.74) is 0. The molecule has 4 atom stereocenters. The first kappa shape index (κ1) is 24.4. The molecule has 10 heteroatoms. The molecule has 0 radical (unpaired) electrons. The maximum absolute atomic E-state index is 6.62. The van der Waals surface area contributed by atoms with Crippen LogP contribution >= 0.6 is 7.34 Å². The van der Waals surface area contributed by atoms with E-state index in [2.05, 4.69) is 33.9 Å². The summed E-state index contributed by atoms with van der Waals surface area (Å²) in [6.07, 6.45) is -1.86. The molecule has 1 aliphatic rings. The fraction of sp³-hybridized carbons (Fsp3) is 1.00. The van der Waals surface area contributed by atoms with Crippen molar-refractivity contribution in [3.8, 4) is 0 Å². The van der Waals surface area contributed by atoms with E-state index in [1.165, 1.54) is 0 Å². The van der Waals surface area contributed by atoms with E-state index < -0.39 is 39.9 Å². The quantitative estimate of drug-likeness (QED) is 0.370. The van der Waals surface area contributed by atoms with Gasteiger partial charge in [-0.3, -0.25) is 0 Å². The van der Waals surface area contributed by atoms with Crippen molar-refractivity contribution in [2.45, 2.75) is 83.1 Å². The molecule has 0 amide bonds. The van der Waals surface area contributed by atoms with Gasteiger partial charge in [0.05, 0.1) is 0 Å². The van der Waals surface area contributed by atoms with Gasteiger partial charge in [-0.2, -0.15) is 0 Å². The van der Waals surface area contributed by atoms with Crippen LogP contribution in [0.25, 0.3) is 0 Å². The third-order valence-electron chi connectivity index (χ3n) is 4.98. The number of ether oxygens (including phenoxy) is 4. The Hall–Kier alpha value is 0.407. The summed E-state index contributed by atoms with van der Waals surface area (Å²) in [5, 5.41) is 0.0635. The van der Waals surface area contributed by atoms with Crippen molar-refractivity contribution >= 4 is 30.2 Å². The second-order valence-corrected chi connectivity index (χ2v) is 14.7. The predicted octanol–water partition coefficient (Wildman–Crippen LogP) is 2.56. The van der Waals surface area contributed by atoms with Crippen LogP contribution in [0.5, 0.6) is 0 Å². The molecule has 26 heavy (non-hydrogen) atoms. The molecule has 0 aromatic rings. The molecule has 1 aliphatic heterocycles. The molecule has 0 aliphatic carbocycles. The molecule has 0 N–H and O–H groups in total. The van der Waals surface area contributed by atoms with Gasteiger partial charge in [0, 0.05) is 0 Å². The Bertz CT molecular complexity index is 527. The van der Waals surface area contributed by atoms with Crippen molar-refractivity contribution in [3.05, 3.63) is 0 Å². The van der Waals surface area contributed by atoms with E-state index in [4.69, 9.17) is 34.9 Å². The molecule has 0 bridgehead atoms. The van der Waals surface area contributed by atoms with Crippen LogP contribution in [0.2, 0.25) is 18.1 Å². The van der Waals surface area contributed by atoms with Gasteiger partial charge < -0.3 is 0 Å². The average Bonchev–Trinajstić information content (AvgIpc) is 2.47. The van der Waals surface area contributed by atoms with Gasteiger partial charge >= 0.3 is 162 Å². The van der Waals surface area contributed by atoms with Crippen LogP contribution in [0, 0.1) is 0 Å². The summed E-state index contributed by atoms with van der Waals surface area (Å²) < 4.78 is 35.7. The summed E-state index contributed by atoms with van der Waals surface area (Å²) in [5.74, 6) is -0.753. The van der Waals surface area contributed by atoms with E-state index >= 15 is 0 Å². The van der Waals surface area contributed by atoms with E-state index in [-0.39, 0.29) is 11.1 Å². The monoisotopic (exact) mass is 404 g/mol. The van der Waals surface area contributed by atoms with E-state index in [9.17, 15) is 0 Å². The van der Waals surface area contributed by atoms with Crippen molar-refractivity contribution < 1.29 is 27.9 Å². The summed E-state index contributed by atoms with van der Waals surface area (Å²) in [6, 6.07) is 0. The Kier molecular flexibility index (Phi) is 8.72. The Morgan fingerprint density at radius 1 is 1.23 bits per heavy atom. The Morgan fingerprint density at radius 2 is 1.77 bits per heavy atom. The minimum atomic E-state index is -2.04. The Labute approximate surface area is 162 Å². The van der Waals surface area contributed by atoms with Crippen LogP contribution in [-0.4, -0.2) is 74.1 Å². The zero-order valence-corrected chi connectivity index (χ0v) is 19.9. The molecule has 0 aromatic carbocycles. The van der Waals surface area contributed by atoms with Gasteiger partial charge in [0.15, 0.2) is 0 Å².